The van der Waals surface area contributed by atoms with Gasteiger partial charge in [-0.25, -0.2) is 0 Å². The summed E-state index contributed by atoms with van der Waals surface area (Å²) in [7, 11) is 0. The number of amides is 1. The molecule has 1 aromatic rings. The fraction of sp³-hybridized carbons (Fsp3) is 0.667. The van der Waals surface area contributed by atoms with Gasteiger partial charge in [0.25, 0.3) is 5.91 Å². The second-order valence-electron chi connectivity index (χ2n) is 8.09. The van der Waals surface area contributed by atoms with E-state index in [9.17, 15) is 4.79 Å². The fourth-order valence-corrected chi connectivity index (χ4v) is 5.21. The van der Waals surface area contributed by atoms with Crippen LogP contribution in [0.2, 0.25) is 0 Å². The number of rotatable bonds is 5. The highest BCUT2D eigenvalue weighted by molar-refractivity contribution is 5.94. The Morgan fingerprint density at radius 1 is 1.24 bits per heavy atom. The lowest BCUT2D eigenvalue weighted by molar-refractivity contribution is 0.0942. The quantitative estimate of drug-likeness (QED) is 0.865. The van der Waals surface area contributed by atoms with Crippen molar-refractivity contribution in [2.45, 2.75) is 56.4 Å². The molecule has 4 nitrogen and oxygen atoms in total. The Labute approximate surface area is 151 Å². The van der Waals surface area contributed by atoms with Crippen molar-refractivity contribution in [2.24, 2.45) is 0 Å². The maximum atomic E-state index is 12.6. The molecule has 1 unspecified atom stereocenters. The first-order valence-corrected chi connectivity index (χ1v) is 10.1. The Morgan fingerprint density at radius 2 is 2.08 bits per heavy atom. The average Bonchev–Trinajstić information content (AvgIpc) is 3.22. The van der Waals surface area contributed by atoms with Crippen molar-refractivity contribution in [3.05, 3.63) is 35.4 Å². The van der Waals surface area contributed by atoms with Crippen LogP contribution in [0.5, 0.6) is 0 Å². The van der Waals surface area contributed by atoms with Gasteiger partial charge in [-0.1, -0.05) is 12.1 Å². The van der Waals surface area contributed by atoms with Crippen molar-refractivity contribution in [2.75, 3.05) is 32.7 Å². The maximum Gasteiger partial charge on any atom is 0.251 e. The van der Waals surface area contributed by atoms with Gasteiger partial charge in [0.1, 0.15) is 0 Å². The molecule has 3 aliphatic rings. The minimum absolute atomic E-state index is 0.0876. The predicted molar refractivity (Wildman–Crippen MR) is 101 cm³/mol. The summed E-state index contributed by atoms with van der Waals surface area (Å²) in [5, 5.41) is 6.65. The van der Waals surface area contributed by atoms with Gasteiger partial charge in [0.05, 0.1) is 0 Å². The molecule has 0 spiro atoms. The van der Waals surface area contributed by atoms with Crippen LogP contribution in [0, 0.1) is 0 Å². The van der Waals surface area contributed by atoms with E-state index in [4.69, 9.17) is 0 Å². The Balaban J connectivity index is 1.33. The Morgan fingerprint density at radius 3 is 2.84 bits per heavy atom. The number of piperidine rings is 1. The highest BCUT2D eigenvalue weighted by Crippen LogP contribution is 2.40. The number of nitrogens with zero attached hydrogens (tertiary/aromatic N) is 1. The molecule has 3 heterocycles. The summed E-state index contributed by atoms with van der Waals surface area (Å²) >= 11 is 0. The van der Waals surface area contributed by atoms with Crippen molar-refractivity contribution in [3.63, 3.8) is 0 Å². The first-order chi connectivity index (χ1) is 12.3. The number of carbonyl (C=O) groups excluding carboxylic acids is 1. The minimum Gasteiger partial charge on any atom is -0.352 e. The largest absolute Gasteiger partial charge is 0.352 e. The van der Waals surface area contributed by atoms with Gasteiger partial charge in [0.2, 0.25) is 0 Å². The fourth-order valence-electron chi connectivity index (χ4n) is 5.21. The van der Waals surface area contributed by atoms with Gasteiger partial charge in [0, 0.05) is 24.2 Å². The van der Waals surface area contributed by atoms with Crippen LogP contribution in [0.1, 0.15) is 66.8 Å². The third-order valence-corrected chi connectivity index (χ3v) is 6.60. The van der Waals surface area contributed by atoms with Gasteiger partial charge in [-0.15, -0.1) is 0 Å². The highest BCUT2D eigenvalue weighted by Gasteiger charge is 2.43. The molecule has 1 amide bonds. The Hall–Kier alpha value is -1.39. The van der Waals surface area contributed by atoms with E-state index in [1.54, 1.807) is 0 Å². The van der Waals surface area contributed by atoms with Gasteiger partial charge in [0.15, 0.2) is 0 Å². The third-order valence-electron chi connectivity index (χ3n) is 6.60. The SMILES string of the molecule is O=C(NCCC12CCCN1CCC2)c1cccc(C2CCCNC2)c1. The summed E-state index contributed by atoms with van der Waals surface area (Å²) < 4.78 is 0. The summed E-state index contributed by atoms with van der Waals surface area (Å²) in [5.41, 5.74) is 2.51. The topological polar surface area (TPSA) is 44.4 Å². The number of hydrogen-bond donors (Lipinski definition) is 2. The molecule has 0 saturated carbocycles. The molecular formula is C21H31N3O. The molecule has 2 N–H and O–H groups in total. The van der Waals surface area contributed by atoms with Gasteiger partial charge in [-0.2, -0.15) is 0 Å². The molecule has 0 bridgehead atoms. The molecule has 3 aliphatic heterocycles. The molecule has 136 valence electrons. The van der Waals surface area contributed by atoms with Crippen LogP contribution in [0.3, 0.4) is 0 Å². The van der Waals surface area contributed by atoms with E-state index in [-0.39, 0.29) is 5.91 Å². The van der Waals surface area contributed by atoms with E-state index in [0.717, 1.165) is 31.6 Å². The van der Waals surface area contributed by atoms with Gasteiger partial charge in [-0.05, 0) is 88.2 Å². The highest BCUT2D eigenvalue weighted by atomic mass is 16.1. The van der Waals surface area contributed by atoms with Gasteiger partial charge in [-0.3, -0.25) is 9.69 Å². The second-order valence-corrected chi connectivity index (χ2v) is 8.09. The van der Waals surface area contributed by atoms with Crippen molar-refractivity contribution in [3.8, 4) is 0 Å². The Kier molecular flexibility index (Phi) is 5.09. The summed E-state index contributed by atoms with van der Waals surface area (Å²) in [6.07, 6.45) is 8.82. The van der Waals surface area contributed by atoms with Crippen LogP contribution in [-0.2, 0) is 0 Å². The van der Waals surface area contributed by atoms with Crippen LogP contribution in [0.4, 0.5) is 0 Å². The van der Waals surface area contributed by atoms with Gasteiger partial charge >= 0.3 is 0 Å². The molecule has 0 aliphatic carbocycles. The number of fused-ring (bicyclic) bond motifs is 1. The van der Waals surface area contributed by atoms with Crippen LogP contribution in [0.25, 0.3) is 0 Å². The smallest absolute Gasteiger partial charge is 0.251 e. The molecule has 25 heavy (non-hydrogen) atoms. The molecule has 3 fully saturated rings. The van der Waals surface area contributed by atoms with E-state index in [1.807, 2.05) is 12.1 Å². The summed E-state index contributed by atoms with van der Waals surface area (Å²) in [4.78, 5) is 15.3. The molecule has 4 rings (SSSR count). The van der Waals surface area contributed by atoms with Gasteiger partial charge < -0.3 is 10.6 Å². The molecule has 1 aromatic carbocycles. The summed E-state index contributed by atoms with van der Waals surface area (Å²) in [5.74, 6) is 0.635. The first-order valence-electron chi connectivity index (χ1n) is 10.1. The predicted octanol–water partition coefficient (Wildman–Crippen LogP) is 2.90. The minimum atomic E-state index is 0.0876. The van der Waals surface area contributed by atoms with Crippen molar-refractivity contribution in [1.82, 2.24) is 15.5 Å². The zero-order valence-electron chi connectivity index (χ0n) is 15.2. The second kappa shape index (κ2) is 7.46. The van der Waals surface area contributed by atoms with E-state index < -0.39 is 0 Å². The van der Waals surface area contributed by atoms with E-state index in [1.165, 1.54) is 57.2 Å². The molecule has 0 aromatic heterocycles. The van der Waals surface area contributed by atoms with Crippen LogP contribution < -0.4 is 10.6 Å². The number of hydrogen-bond acceptors (Lipinski definition) is 3. The normalized spacial score (nSPS) is 25.7. The average molecular weight is 341 g/mol. The lowest BCUT2D eigenvalue weighted by Gasteiger charge is -2.32. The molecule has 4 heteroatoms. The molecule has 3 saturated heterocycles. The maximum absolute atomic E-state index is 12.6. The monoisotopic (exact) mass is 341 g/mol. The van der Waals surface area contributed by atoms with Crippen LogP contribution >= 0.6 is 0 Å². The van der Waals surface area contributed by atoms with Crippen molar-refractivity contribution < 1.29 is 4.79 Å². The standard InChI is InChI=1S/C21H31N3O/c25-20(23-12-10-21-8-3-13-24(21)14-4-9-21)18-6-1-5-17(15-18)19-7-2-11-22-16-19/h1,5-6,15,19,22H,2-4,7-14,16H2,(H,23,25). The van der Waals surface area contributed by atoms with Crippen molar-refractivity contribution in [1.29, 1.82) is 0 Å². The first kappa shape index (κ1) is 17.0. The lowest BCUT2D eigenvalue weighted by Crippen LogP contribution is -2.41. The van der Waals surface area contributed by atoms with E-state index in [0.29, 0.717) is 11.5 Å². The van der Waals surface area contributed by atoms with Crippen LogP contribution in [-0.4, -0.2) is 49.1 Å². The van der Waals surface area contributed by atoms with E-state index >= 15 is 0 Å². The number of nitrogens with one attached hydrogen (secondary N) is 2. The third kappa shape index (κ3) is 3.61. The zero-order valence-corrected chi connectivity index (χ0v) is 15.2. The zero-order chi connectivity index (χ0) is 17.1. The molecular weight excluding hydrogens is 310 g/mol. The molecule has 0 radical (unpaired) electrons. The van der Waals surface area contributed by atoms with Crippen molar-refractivity contribution >= 4 is 5.91 Å². The molecule has 1 atom stereocenters. The number of benzene rings is 1. The summed E-state index contributed by atoms with van der Waals surface area (Å²) in [6.45, 7) is 5.46. The lowest BCUT2D eigenvalue weighted by atomic mass is 9.90. The van der Waals surface area contributed by atoms with E-state index in [2.05, 4.69) is 27.7 Å². The Bertz CT molecular complexity index is 599. The summed E-state index contributed by atoms with van der Waals surface area (Å²) in [6, 6.07) is 8.25. The van der Waals surface area contributed by atoms with Crippen LogP contribution in [0.15, 0.2) is 24.3 Å². The number of carbonyl (C=O) groups is 1.